The molecule has 258 valence electrons. The molecule has 4 aromatic rings. The molecule has 3 aliphatic rings. The summed E-state index contributed by atoms with van der Waals surface area (Å²) >= 11 is 0. The Kier molecular flexibility index (Phi) is 9.52. The molecule has 0 radical (unpaired) electrons. The van der Waals surface area contributed by atoms with E-state index in [4.69, 9.17) is 10.1 Å². The van der Waals surface area contributed by atoms with Crippen LogP contribution in [0.5, 0.6) is 0 Å². The van der Waals surface area contributed by atoms with Crippen molar-refractivity contribution in [3.05, 3.63) is 89.6 Å². The first-order valence-corrected chi connectivity index (χ1v) is 17.8. The van der Waals surface area contributed by atoms with Crippen LogP contribution in [0.15, 0.2) is 72.9 Å². The number of nitrogens with zero attached hydrogens (tertiary/aromatic N) is 3. The molecule has 2 aromatic carbocycles. The van der Waals surface area contributed by atoms with Crippen LogP contribution in [-0.4, -0.2) is 61.9 Å². The van der Waals surface area contributed by atoms with Gasteiger partial charge in [-0.25, -0.2) is 4.79 Å². The van der Waals surface area contributed by atoms with E-state index < -0.39 is 11.5 Å². The summed E-state index contributed by atoms with van der Waals surface area (Å²) in [5, 5.41) is 15.9. The van der Waals surface area contributed by atoms with Crippen molar-refractivity contribution in [3.8, 4) is 11.4 Å². The van der Waals surface area contributed by atoms with E-state index in [1.54, 1.807) is 30.5 Å². The Morgan fingerprint density at radius 2 is 1.66 bits per heavy atom. The van der Waals surface area contributed by atoms with Gasteiger partial charge in [0.05, 0.1) is 16.9 Å². The smallest absolute Gasteiger partial charge is 0.328 e. The number of carboxylic acid groups (broad SMARTS) is 1. The van der Waals surface area contributed by atoms with Crippen molar-refractivity contribution >= 4 is 46.4 Å². The minimum Gasteiger partial charge on any atom is -0.478 e. The predicted molar refractivity (Wildman–Crippen MR) is 193 cm³/mol. The zero-order valence-corrected chi connectivity index (χ0v) is 28.2. The van der Waals surface area contributed by atoms with E-state index in [0.29, 0.717) is 35.6 Å². The molecule has 0 unspecified atom stereocenters. The highest BCUT2D eigenvalue weighted by atomic mass is 16.4. The third kappa shape index (κ3) is 6.79. The second-order valence-corrected chi connectivity index (χ2v) is 13.9. The second kappa shape index (κ2) is 14.3. The highest BCUT2D eigenvalue weighted by Crippen LogP contribution is 2.45. The van der Waals surface area contributed by atoms with Crippen LogP contribution in [0.2, 0.25) is 0 Å². The maximum Gasteiger partial charge on any atom is 0.328 e. The van der Waals surface area contributed by atoms with Crippen molar-refractivity contribution in [2.75, 3.05) is 18.4 Å². The molecule has 3 N–H and O–H groups in total. The molecule has 2 aromatic heterocycles. The Bertz CT molecular complexity index is 1930. The lowest BCUT2D eigenvalue weighted by Crippen LogP contribution is -2.61. The van der Waals surface area contributed by atoms with Gasteiger partial charge in [0, 0.05) is 42.0 Å². The largest absolute Gasteiger partial charge is 0.478 e. The lowest BCUT2D eigenvalue weighted by atomic mass is 9.75. The highest BCUT2D eigenvalue weighted by molar-refractivity contribution is 6.06. The number of piperidine rings is 1. The van der Waals surface area contributed by atoms with E-state index in [-0.39, 0.29) is 24.3 Å². The SMILES string of the molecule is O=C(O)/C=C/c1ccc(NC(=O)C2(NC(=O)c3ccc4c(C5CCCC5)c(-c5ccccn5)n(CC(=O)N5CCCCC5)c4c3)CCC2)cc1. The van der Waals surface area contributed by atoms with Gasteiger partial charge >= 0.3 is 5.97 Å². The third-order valence-corrected chi connectivity index (χ3v) is 10.6. The van der Waals surface area contributed by atoms with Gasteiger partial charge in [0.15, 0.2) is 0 Å². The van der Waals surface area contributed by atoms with Gasteiger partial charge < -0.3 is 25.2 Å². The Hall–Kier alpha value is -5.25. The number of carbonyl (C=O) groups excluding carboxylic acids is 3. The number of hydrogen-bond donors (Lipinski definition) is 3. The molecule has 0 spiro atoms. The molecule has 1 saturated heterocycles. The summed E-state index contributed by atoms with van der Waals surface area (Å²) in [6, 6.07) is 18.5. The molecule has 50 heavy (non-hydrogen) atoms. The predicted octanol–water partition coefficient (Wildman–Crippen LogP) is 6.76. The van der Waals surface area contributed by atoms with E-state index in [1.165, 1.54) is 11.6 Å². The van der Waals surface area contributed by atoms with Crippen LogP contribution in [-0.2, 0) is 20.9 Å². The van der Waals surface area contributed by atoms with Gasteiger partial charge in [0.2, 0.25) is 11.8 Å². The number of fused-ring (bicyclic) bond motifs is 1. The number of rotatable bonds is 10. The van der Waals surface area contributed by atoms with Gasteiger partial charge in [-0.2, -0.15) is 0 Å². The van der Waals surface area contributed by atoms with Crippen LogP contribution in [0.3, 0.4) is 0 Å². The van der Waals surface area contributed by atoms with Crippen molar-refractivity contribution < 1.29 is 24.3 Å². The van der Waals surface area contributed by atoms with E-state index in [1.807, 2.05) is 41.3 Å². The summed E-state index contributed by atoms with van der Waals surface area (Å²) in [6.07, 6.45) is 13.8. The first-order chi connectivity index (χ1) is 24.3. The molecule has 7 rings (SSSR count). The molecule has 1 aliphatic heterocycles. The molecule has 3 heterocycles. The number of likely N-dealkylation sites (tertiary alicyclic amines) is 1. The number of anilines is 1. The van der Waals surface area contributed by atoms with Crippen LogP contribution in [0.1, 0.15) is 91.6 Å². The fourth-order valence-electron chi connectivity index (χ4n) is 7.79. The monoisotopic (exact) mass is 673 g/mol. The molecule has 10 heteroatoms. The van der Waals surface area contributed by atoms with Crippen molar-refractivity contribution in [1.82, 2.24) is 19.8 Å². The fraction of sp³-hybridized carbons (Fsp3) is 0.375. The first-order valence-electron chi connectivity index (χ1n) is 17.8. The summed E-state index contributed by atoms with van der Waals surface area (Å²) in [6.45, 7) is 1.68. The number of nitrogens with one attached hydrogen (secondary N) is 2. The number of carbonyl (C=O) groups is 4. The topological polar surface area (TPSA) is 134 Å². The van der Waals surface area contributed by atoms with Gasteiger partial charge in [0.25, 0.3) is 5.91 Å². The molecule has 10 nitrogen and oxygen atoms in total. The van der Waals surface area contributed by atoms with E-state index in [9.17, 15) is 19.2 Å². The van der Waals surface area contributed by atoms with Crippen molar-refractivity contribution in [2.45, 2.75) is 82.2 Å². The molecule has 3 fully saturated rings. The average molecular weight is 674 g/mol. The van der Waals surface area contributed by atoms with Gasteiger partial charge in [-0.05, 0) is 111 Å². The van der Waals surface area contributed by atoms with E-state index in [2.05, 4.69) is 15.2 Å². The first kappa shape index (κ1) is 33.3. The third-order valence-electron chi connectivity index (χ3n) is 10.6. The van der Waals surface area contributed by atoms with Crippen molar-refractivity contribution in [1.29, 1.82) is 0 Å². The van der Waals surface area contributed by atoms with E-state index >= 15 is 0 Å². The fourth-order valence-corrected chi connectivity index (χ4v) is 7.79. The molecule has 2 aliphatic carbocycles. The van der Waals surface area contributed by atoms with Crippen molar-refractivity contribution in [2.24, 2.45) is 0 Å². The van der Waals surface area contributed by atoms with Crippen LogP contribution in [0, 0.1) is 0 Å². The van der Waals surface area contributed by atoms with Gasteiger partial charge in [-0.15, -0.1) is 0 Å². The van der Waals surface area contributed by atoms with Crippen LogP contribution >= 0.6 is 0 Å². The number of aromatic nitrogens is 2. The van der Waals surface area contributed by atoms with Gasteiger partial charge in [-0.1, -0.05) is 37.1 Å². The average Bonchev–Trinajstić information content (AvgIpc) is 3.76. The molecular formula is C40H43N5O5. The zero-order valence-electron chi connectivity index (χ0n) is 28.2. The Labute approximate surface area is 291 Å². The van der Waals surface area contributed by atoms with Gasteiger partial charge in [-0.3, -0.25) is 19.4 Å². The maximum absolute atomic E-state index is 14.0. The number of amides is 3. The molecule has 3 amide bonds. The normalized spacial score (nSPS) is 17.5. The highest BCUT2D eigenvalue weighted by Gasteiger charge is 2.45. The lowest BCUT2D eigenvalue weighted by Gasteiger charge is -2.40. The lowest BCUT2D eigenvalue weighted by molar-refractivity contribution is -0.133. The number of carboxylic acids is 1. The van der Waals surface area contributed by atoms with Crippen LogP contribution < -0.4 is 10.6 Å². The molecule has 0 bridgehead atoms. The Morgan fingerprint density at radius 3 is 2.32 bits per heavy atom. The second-order valence-electron chi connectivity index (χ2n) is 13.9. The van der Waals surface area contributed by atoms with Gasteiger partial charge in [0.1, 0.15) is 12.1 Å². The number of pyridine rings is 1. The van der Waals surface area contributed by atoms with E-state index in [0.717, 1.165) is 92.8 Å². The number of benzene rings is 2. The standard InChI is InChI=1S/C40H43N5O5/c46-34(44-23-6-1-7-24-44)26-45-33-25-29(15-18-31(33)36(28-9-2-3-10-28)37(45)32-11-4-5-22-41-32)38(49)43-40(20-8-21-40)39(50)42-30-16-12-27(13-17-30)14-19-35(47)48/h4-5,11-19,22,25,28H,1-3,6-10,20-21,23-24,26H2,(H,42,50)(H,43,49)(H,47,48)/b19-14+. The summed E-state index contributed by atoms with van der Waals surface area (Å²) in [7, 11) is 0. The van der Waals surface area contributed by atoms with Crippen molar-refractivity contribution in [3.63, 3.8) is 0 Å². The quantitative estimate of drug-likeness (QED) is 0.159. The zero-order chi connectivity index (χ0) is 34.7. The minimum absolute atomic E-state index is 0.0719. The Balaban J connectivity index is 1.21. The molecular weight excluding hydrogens is 630 g/mol. The Morgan fingerprint density at radius 1 is 0.900 bits per heavy atom. The summed E-state index contributed by atoms with van der Waals surface area (Å²) in [4.78, 5) is 59.0. The van der Waals surface area contributed by atoms with Crippen LogP contribution in [0.25, 0.3) is 28.4 Å². The minimum atomic E-state index is -1.05. The maximum atomic E-state index is 14.0. The summed E-state index contributed by atoms with van der Waals surface area (Å²) < 4.78 is 2.08. The van der Waals surface area contributed by atoms with Crippen LogP contribution in [0.4, 0.5) is 5.69 Å². The number of hydrogen-bond acceptors (Lipinski definition) is 5. The molecule has 2 saturated carbocycles. The molecule has 0 atom stereocenters. The summed E-state index contributed by atoms with van der Waals surface area (Å²) in [5.41, 5.74) is 4.44. The summed E-state index contributed by atoms with van der Waals surface area (Å²) in [5.74, 6) is -1.25. The number of aliphatic carboxylic acids is 1.